The van der Waals surface area contributed by atoms with Crippen molar-refractivity contribution in [2.75, 3.05) is 11.9 Å². The molecule has 0 saturated carbocycles. The van der Waals surface area contributed by atoms with Crippen molar-refractivity contribution in [2.45, 2.75) is 26.9 Å². The van der Waals surface area contributed by atoms with Gasteiger partial charge in [0.25, 0.3) is 0 Å². The Kier molecular flexibility index (Phi) is 4.39. The minimum absolute atomic E-state index is 0.177. The Labute approximate surface area is 114 Å². The molecule has 2 rings (SSSR count). The van der Waals surface area contributed by atoms with Gasteiger partial charge in [0.05, 0.1) is 11.8 Å². The molecule has 100 valence electrons. The third-order valence-corrected chi connectivity index (χ3v) is 2.61. The number of anilines is 1. The Bertz CT molecular complexity index is 538. The molecule has 0 amide bonds. The lowest BCUT2D eigenvalue weighted by molar-refractivity contribution is 0.242. The Morgan fingerprint density at radius 3 is 2.68 bits per heavy atom. The number of hydrogen-bond donors (Lipinski definition) is 1. The van der Waals surface area contributed by atoms with Crippen LogP contribution in [0.5, 0.6) is 5.75 Å². The van der Waals surface area contributed by atoms with Crippen molar-refractivity contribution in [1.29, 1.82) is 0 Å². The number of aromatic nitrogens is 1. The lowest BCUT2D eigenvalue weighted by Crippen LogP contribution is -2.05. The molecule has 0 atom stereocenters. The standard InChI is InChI=1S/C16H20N2O/c1-4-17-16-10-6-9-15(18-16)13-7-5-8-14(11-13)19-12(2)3/h5-12H,4H2,1-3H3,(H,17,18). The highest BCUT2D eigenvalue weighted by Gasteiger charge is 2.03. The fraction of sp³-hybridized carbons (Fsp3) is 0.312. The van der Waals surface area contributed by atoms with Gasteiger partial charge in [-0.25, -0.2) is 4.98 Å². The molecule has 1 aromatic heterocycles. The fourth-order valence-corrected chi connectivity index (χ4v) is 1.88. The zero-order chi connectivity index (χ0) is 13.7. The summed E-state index contributed by atoms with van der Waals surface area (Å²) in [5, 5.41) is 3.22. The van der Waals surface area contributed by atoms with Crippen LogP contribution >= 0.6 is 0 Å². The van der Waals surface area contributed by atoms with E-state index in [0.717, 1.165) is 29.4 Å². The van der Waals surface area contributed by atoms with E-state index in [9.17, 15) is 0 Å². The van der Waals surface area contributed by atoms with E-state index in [1.165, 1.54) is 0 Å². The molecule has 3 nitrogen and oxygen atoms in total. The monoisotopic (exact) mass is 256 g/mol. The SMILES string of the molecule is CCNc1cccc(-c2cccc(OC(C)C)c2)n1. The van der Waals surface area contributed by atoms with Gasteiger partial charge in [0.1, 0.15) is 11.6 Å². The second-order valence-electron chi connectivity index (χ2n) is 4.63. The molecule has 1 aromatic carbocycles. The van der Waals surface area contributed by atoms with E-state index in [4.69, 9.17) is 4.74 Å². The van der Waals surface area contributed by atoms with Gasteiger partial charge in [0.2, 0.25) is 0 Å². The summed E-state index contributed by atoms with van der Waals surface area (Å²) in [5.41, 5.74) is 2.02. The van der Waals surface area contributed by atoms with Crippen LogP contribution in [-0.2, 0) is 0 Å². The molecule has 2 aromatic rings. The molecule has 0 aliphatic rings. The van der Waals surface area contributed by atoms with E-state index in [1.807, 2.05) is 56.3 Å². The van der Waals surface area contributed by atoms with Crippen LogP contribution in [0.3, 0.4) is 0 Å². The third-order valence-electron chi connectivity index (χ3n) is 2.61. The summed E-state index contributed by atoms with van der Waals surface area (Å²) in [6.07, 6.45) is 0.177. The van der Waals surface area contributed by atoms with Crippen LogP contribution in [0.15, 0.2) is 42.5 Å². The first kappa shape index (κ1) is 13.4. The topological polar surface area (TPSA) is 34.1 Å². The van der Waals surface area contributed by atoms with Gasteiger partial charge >= 0.3 is 0 Å². The molecular formula is C16H20N2O. The van der Waals surface area contributed by atoms with E-state index < -0.39 is 0 Å². The van der Waals surface area contributed by atoms with E-state index in [0.29, 0.717) is 0 Å². The molecule has 0 bridgehead atoms. The Morgan fingerprint density at radius 2 is 1.95 bits per heavy atom. The molecule has 0 unspecified atom stereocenters. The minimum Gasteiger partial charge on any atom is -0.491 e. The fourth-order valence-electron chi connectivity index (χ4n) is 1.88. The normalized spacial score (nSPS) is 10.5. The van der Waals surface area contributed by atoms with Gasteiger partial charge < -0.3 is 10.1 Å². The van der Waals surface area contributed by atoms with Crippen molar-refractivity contribution in [1.82, 2.24) is 4.98 Å². The number of ether oxygens (including phenoxy) is 1. The summed E-state index contributed by atoms with van der Waals surface area (Å²) in [6.45, 7) is 6.98. The quantitative estimate of drug-likeness (QED) is 0.879. The largest absolute Gasteiger partial charge is 0.491 e. The summed E-state index contributed by atoms with van der Waals surface area (Å²) in [7, 11) is 0. The lowest BCUT2D eigenvalue weighted by atomic mass is 10.1. The molecule has 0 fully saturated rings. The van der Waals surface area contributed by atoms with Crippen LogP contribution in [0.25, 0.3) is 11.3 Å². The summed E-state index contributed by atoms with van der Waals surface area (Å²) in [6, 6.07) is 14.0. The Hall–Kier alpha value is -2.03. The molecule has 1 N–H and O–H groups in total. The predicted octanol–water partition coefficient (Wildman–Crippen LogP) is 3.97. The molecule has 3 heteroatoms. The number of hydrogen-bond acceptors (Lipinski definition) is 3. The molecule has 0 aliphatic carbocycles. The van der Waals surface area contributed by atoms with E-state index in [-0.39, 0.29) is 6.10 Å². The molecule has 0 aliphatic heterocycles. The van der Waals surface area contributed by atoms with Gasteiger partial charge in [-0.2, -0.15) is 0 Å². The average Bonchev–Trinajstić information content (AvgIpc) is 2.39. The van der Waals surface area contributed by atoms with Crippen molar-refractivity contribution < 1.29 is 4.74 Å². The van der Waals surface area contributed by atoms with Crippen molar-refractivity contribution >= 4 is 5.82 Å². The second kappa shape index (κ2) is 6.23. The summed E-state index contributed by atoms with van der Waals surface area (Å²) in [4.78, 5) is 4.59. The highest BCUT2D eigenvalue weighted by molar-refractivity contribution is 5.63. The molecule has 0 spiro atoms. The number of pyridine rings is 1. The van der Waals surface area contributed by atoms with Crippen LogP contribution in [-0.4, -0.2) is 17.6 Å². The van der Waals surface area contributed by atoms with Crippen LogP contribution < -0.4 is 10.1 Å². The zero-order valence-electron chi connectivity index (χ0n) is 11.7. The van der Waals surface area contributed by atoms with Crippen molar-refractivity contribution in [3.63, 3.8) is 0 Å². The van der Waals surface area contributed by atoms with Crippen molar-refractivity contribution in [2.24, 2.45) is 0 Å². The smallest absolute Gasteiger partial charge is 0.126 e. The number of nitrogens with zero attached hydrogens (tertiary/aromatic N) is 1. The van der Waals surface area contributed by atoms with Gasteiger partial charge in [-0.05, 0) is 45.0 Å². The van der Waals surface area contributed by atoms with Gasteiger partial charge in [0, 0.05) is 12.1 Å². The first-order valence-electron chi connectivity index (χ1n) is 6.67. The third kappa shape index (κ3) is 3.71. The van der Waals surface area contributed by atoms with Crippen molar-refractivity contribution in [3.8, 4) is 17.0 Å². The maximum absolute atomic E-state index is 5.71. The number of benzene rings is 1. The molecule has 0 radical (unpaired) electrons. The van der Waals surface area contributed by atoms with Gasteiger partial charge in [-0.3, -0.25) is 0 Å². The predicted molar refractivity (Wildman–Crippen MR) is 79.6 cm³/mol. The number of rotatable bonds is 5. The molecule has 1 heterocycles. The van der Waals surface area contributed by atoms with E-state index in [2.05, 4.69) is 17.2 Å². The second-order valence-corrected chi connectivity index (χ2v) is 4.63. The Morgan fingerprint density at radius 1 is 1.16 bits per heavy atom. The molecule has 0 saturated heterocycles. The average molecular weight is 256 g/mol. The van der Waals surface area contributed by atoms with Crippen LogP contribution in [0, 0.1) is 0 Å². The van der Waals surface area contributed by atoms with Gasteiger partial charge in [-0.1, -0.05) is 18.2 Å². The lowest BCUT2D eigenvalue weighted by Gasteiger charge is -2.11. The Balaban J connectivity index is 2.28. The summed E-state index contributed by atoms with van der Waals surface area (Å²) >= 11 is 0. The zero-order valence-corrected chi connectivity index (χ0v) is 11.7. The molecule has 19 heavy (non-hydrogen) atoms. The van der Waals surface area contributed by atoms with Crippen LogP contribution in [0.4, 0.5) is 5.82 Å². The highest BCUT2D eigenvalue weighted by atomic mass is 16.5. The van der Waals surface area contributed by atoms with E-state index in [1.54, 1.807) is 0 Å². The highest BCUT2D eigenvalue weighted by Crippen LogP contribution is 2.24. The summed E-state index contributed by atoms with van der Waals surface area (Å²) in [5.74, 6) is 1.78. The number of nitrogens with one attached hydrogen (secondary N) is 1. The first-order valence-corrected chi connectivity index (χ1v) is 6.67. The maximum atomic E-state index is 5.71. The molecular weight excluding hydrogens is 236 g/mol. The minimum atomic E-state index is 0.177. The van der Waals surface area contributed by atoms with Gasteiger partial charge in [-0.15, -0.1) is 0 Å². The van der Waals surface area contributed by atoms with Crippen molar-refractivity contribution in [3.05, 3.63) is 42.5 Å². The first-order chi connectivity index (χ1) is 9.19. The summed E-state index contributed by atoms with van der Waals surface area (Å²) < 4.78 is 5.71. The van der Waals surface area contributed by atoms with Crippen LogP contribution in [0.2, 0.25) is 0 Å². The van der Waals surface area contributed by atoms with E-state index >= 15 is 0 Å². The maximum Gasteiger partial charge on any atom is 0.126 e. The van der Waals surface area contributed by atoms with Crippen LogP contribution in [0.1, 0.15) is 20.8 Å². The van der Waals surface area contributed by atoms with Gasteiger partial charge in [0.15, 0.2) is 0 Å².